The molecule has 1 amide bonds. The summed E-state index contributed by atoms with van der Waals surface area (Å²) < 4.78 is 7.41. The Morgan fingerprint density at radius 2 is 2.14 bits per heavy atom. The van der Waals surface area contributed by atoms with Crippen molar-refractivity contribution in [1.29, 1.82) is 0 Å². The molecule has 3 aromatic rings. The molecular weight excluding hydrogens is 431 g/mol. The number of rotatable bonds is 5. The van der Waals surface area contributed by atoms with Gasteiger partial charge in [0.15, 0.2) is 4.96 Å². The van der Waals surface area contributed by atoms with Gasteiger partial charge in [0, 0.05) is 31.9 Å². The van der Waals surface area contributed by atoms with Crippen molar-refractivity contribution in [3.63, 3.8) is 0 Å². The molecule has 1 atom stereocenters. The van der Waals surface area contributed by atoms with Crippen LogP contribution in [0.2, 0.25) is 0 Å². The van der Waals surface area contributed by atoms with Crippen molar-refractivity contribution in [2.24, 2.45) is 5.41 Å². The molecule has 1 aliphatic heterocycles. The van der Waals surface area contributed by atoms with Crippen LogP contribution in [0.15, 0.2) is 24.4 Å². The normalized spacial score (nSPS) is 16.6. The number of ether oxygens (including phenoxy) is 1. The van der Waals surface area contributed by atoms with Crippen molar-refractivity contribution in [3.05, 3.63) is 34.8 Å². The molecule has 1 saturated heterocycles. The van der Waals surface area contributed by atoms with Crippen LogP contribution in [-0.4, -0.2) is 41.1 Å². The van der Waals surface area contributed by atoms with E-state index in [9.17, 15) is 4.79 Å². The predicted molar refractivity (Wildman–Crippen MR) is 123 cm³/mol. The van der Waals surface area contributed by atoms with E-state index in [2.05, 4.69) is 49.6 Å². The van der Waals surface area contributed by atoms with Gasteiger partial charge in [0.25, 0.3) is 5.91 Å². The first-order valence-electron chi connectivity index (χ1n) is 9.39. The first-order chi connectivity index (χ1) is 12.9. The molecule has 1 aromatic carbocycles. The van der Waals surface area contributed by atoms with E-state index >= 15 is 0 Å². The third kappa shape index (κ3) is 5.61. The molecule has 29 heavy (non-hydrogen) atoms. The Morgan fingerprint density at radius 1 is 1.34 bits per heavy atom. The van der Waals surface area contributed by atoms with E-state index in [1.807, 2.05) is 10.6 Å². The average Bonchev–Trinajstić information content (AvgIpc) is 3.32. The minimum absolute atomic E-state index is 0. The molecule has 0 radical (unpaired) electrons. The fraction of sp³-hybridized carbons (Fsp3) is 0.500. The number of hydrogen-bond acceptors (Lipinski definition) is 5. The van der Waals surface area contributed by atoms with E-state index in [1.165, 1.54) is 16.9 Å². The van der Waals surface area contributed by atoms with Crippen molar-refractivity contribution in [2.45, 2.75) is 39.8 Å². The fourth-order valence-corrected chi connectivity index (χ4v) is 4.08. The molecule has 0 saturated carbocycles. The summed E-state index contributed by atoms with van der Waals surface area (Å²) in [5.41, 5.74) is 3.27. The number of carbonyl (C=O) groups excluding carboxylic acids is 1. The number of halogens is 2. The van der Waals surface area contributed by atoms with E-state index < -0.39 is 0 Å². The summed E-state index contributed by atoms with van der Waals surface area (Å²) in [6, 6.07) is 6.77. The molecule has 0 spiro atoms. The van der Waals surface area contributed by atoms with E-state index in [-0.39, 0.29) is 36.1 Å². The lowest BCUT2D eigenvalue weighted by Gasteiger charge is -2.18. The number of carbonyl (C=O) groups is 1. The van der Waals surface area contributed by atoms with E-state index in [4.69, 9.17) is 9.72 Å². The van der Waals surface area contributed by atoms with Crippen LogP contribution in [0.5, 0.6) is 0 Å². The monoisotopic (exact) mass is 458 g/mol. The van der Waals surface area contributed by atoms with Gasteiger partial charge in [0.1, 0.15) is 4.88 Å². The van der Waals surface area contributed by atoms with Crippen LogP contribution in [-0.2, 0) is 11.3 Å². The van der Waals surface area contributed by atoms with Crippen molar-refractivity contribution >= 4 is 58.1 Å². The Hall–Kier alpha value is -1.38. The predicted octanol–water partition coefficient (Wildman–Crippen LogP) is 4.05. The maximum Gasteiger partial charge on any atom is 0.263 e. The summed E-state index contributed by atoms with van der Waals surface area (Å²) in [7, 11) is 0. The van der Waals surface area contributed by atoms with Crippen LogP contribution in [0.3, 0.4) is 0 Å². The molecule has 4 rings (SSSR count). The largest absolute Gasteiger partial charge is 0.380 e. The van der Waals surface area contributed by atoms with E-state index in [0.717, 1.165) is 42.2 Å². The molecule has 1 aliphatic rings. The van der Waals surface area contributed by atoms with Gasteiger partial charge >= 0.3 is 0 Å². The second-order valence-electron chi connectivity index (χ2n) is 8.37. The Bertz CT molecular complexity index is 974. The molecule has 2 N–H and O–H groups in total. The van der Waals surface area contributed by atoms with Crippen molar-refractivity contribution in [2.75, 3.05) is 19.8 Å². The highest BCUT2D eigenvalue weighted by molar-refractivity contribution is 7.18. The summed E-state index contributed by atoms with van der Waals surface area (Å²) in [5, 5.41) is 6.53. The molecule has 1 unspecified atom stereocenters. The van der Waals surface area contributed by atoms with Crippen molar-refractivity contribution in [1.82, 2.24) is 20.0 Å². The number of fused-ring (bicyclic) bond motifs is 3. The third-order valence-electron chi connectivity index (χ3n) is 4.70. The van der Waals surface area contributed by atoms with Gasteiger partial charge in [-0.1, -0.05) is 38.2 Å². The Labute approximate surface area is 187 Å². The lowest BCUT2D eigenvalue weighted by Crippen LogP contribution is -2.31. The SMILES string of the molecule is CC(C)(C)CNC(=O)c1cn2c(nc3cc(CNC4CCOC4)ccc32)s1.Cl.Cl. The average molecular weight is 459 g/mol. The summed E-state index contributed by atoms with van der Waals surface area (Å²) in [5.74, 6) is -0.0341. The van der Waals surface area contributed by atoms with Gasteiger partial charge in [0.05, 0.1) is 17.6 Å². The standard InChI is InChI=1S/C20H26N4O2S.2ClH/c1-20(2,3)12-22-18(25)17-10-24-16-5-4-13(8-15(16)23-19(24)27-17)9-21-14-6-7-26-11-14;;/h4-5,8,10,14,21H,6-7,9,11-12H2,1-3H3,(H,22,25);2*1H. The number of aromatic nitrogens is 2. The quantitative estimate of drug-likeness (QED) is 0.604. The molecule has 6 nitrogen and oxygen atoms in total. The van der Waals surface area contributed by atoms with Gasteiger partial charge < -0.3 is 15.4 Å². The molecule has 3 heterocycles. The van der Waals surface area contributed by atoms with Crippen LogP contribution in [0.25, 0.3) is 16.0 Å². The van der Waals surface area contributed by atoms with Gasteiger partial charge in [0.2, 0.25) is 0 Å². The number of thiazole rings is 1. The zero-order valence-corrected chi connectivity index (χ0v) is 19.3. The van der Waals surface area contributed by atoms with Gasteiger partial charge in [-0.25, -0.2) is 4.98 Å². The molecule has 9 heteroatoms. The van der Waals surface area contributed by atoms with Crippen LogP contribution < -0.4 is 10.6 Å². The van der Waals surface area contributed by atoms with Crippen LogP contribution in [0.4, 0.5) is 0 Å². The Kier molecular flexibility index (Phi) is 7.93. The summed E-state index contributed by atoms with van der Waals surface area (Å²) >= 11 is 1.43. The third-order valence-corrected chi connectivity index (χ3v) is 5.68. The second kappa shape index (κ2) is 9.62. The maximum absolute atomic E-state index is 12.4. The molecule has 0 aliphatic carbocycles. The van der Waals surface area contributed by atoms with Gasteiger partial charge in [-0.15, -0.1) is 24.8 Å². The first kappa shape index (κ1) is 23.9. The number of nitrogens with one attached hydrogen (secondary N) is 2. The van der Waals surface area contributed by atoms with Gasteiger partial charge in [-0.05, 0) is 29.5 Å². The zero-order chi connectivity index (χ0) is 19.0. The maximum atomic E-state index is 12.4. The van der Waals surface area contributed by atoms with Crippen LogP contribution in [0, 0.1) is 5.41 Å². The lowest BCUT2D eigenvalue weighted by molar-refractivity contribution is 0.0943. The smallest absolute Gasteiger partial charge is 0.263 e. The van der Waals surface area contributed by atoms with Crippen LogP contribution >= 0.6 is 36.2 Å². The number of nitrogens with zero attached hydrogens (tertiary/aromatic N) is 2. The minimum atomic E-state index is -0.0341. The molecule has 0 bridgehead atoms. The topological polar surface area (TPSA) is 67.7 Å². The zero-order valence-electron chi connectivity index (χ0n) is 16.9. The Balaban J connectivity index is 0.00000150. The molecule has 2 aromatic heterocycles. The van der Waals surface area contributed by atoms with Crippen LogP contribution in [0.1, 0.15) is 42.4 Å². The fourth-order valence-electron chi connectivity index (χ4n) is 3.17. The van der Waals surface area contributed by atoms with Gasteiger partial charge in [-0.3, -0.25) is 9.20 Å². The Morgan fingerprint density at radius 3 is 2.83 bits per heavy atom. The van der Waals surface area contributed by atoms with Crippen molar-refractivity contribution < 1.29 is 9.53 Å². The molecular formula is C20H28Cl2N4O2S. The van der Waals surface area contributed by atoms with Gasteiger partial charge in [-0.2, -0.15) is 0 Å². The minimum Gasteiger partial charge on any atom is -0.380 e. The lowest BCUT2D eigenvalue weighted by atomic mass is 9.97. The number of hydrogen-bond donors (Lipinski definition) is 2. The number of benzene rings is 1. The summed E-state index contributed by atoms with van der Waals surface area (Å²) in [6.45, 7) is 9.42. The summed E-state index contributed by atoms with van der Waals surface area (Å²) in [6.07, 6.45) is 2.96. The highest BCUT2D eigenvalue weighted by Crippen LogP contribution is 2.25. The number of amides is 1. The highest BCUT2D eigenvalue weighted by atomic mass is 35.5. The second-order valence-corrected chi connectivity index (χ2v) is 9.38. The number of imidazole rings is 1. The summed E-state index contributed by atoms with van der Waals surface area (Å²) in [4.78, 5) is 18.7. The van der Waals surface area contributed by atoms with Crippen molar-refractivity contribution in [3.8, 4) is 0 Å². The highest BCUT2D eigenvalue weighted by Gasteiger charge is 2.18. The van der Waals surface area contributed by atoms with E-state index in [1.54, 1.807) is 0 Å². The van der Waals surface area contributed by atoms with E-state index in [0.29, 0.717) is 17.5 Å². The molecule has 1 fully saturated rings. The first-order valence-corrected chi connectivity index (χ1v) is 10.2. The molecule has 160 valence electrons.